The van der Waals surface area contributed by atoms with E-state index in [0.717, 1.165) is 0 Å². The van der Waals surface area contributed by atoms with Gasteiger partial charge in [-0.25, -0.2) is 0 Å². The van der Waals surface area contributed by atoms with Gasteiger partial charge in [-0.1, -0.05) is 0 Å². The molecular weight excluding hydrogens is 234 g/mol. The molecule has 0 aliphatic heterocycles. The maximum Gasteiger partial charge on any atom is 0.325 e. The first-order valence-corrected chi connectivity index (χ1v) is 5.66. The van der Waals surface area contributed by atoms with Crippen molar-refractivity contribution < 1.29 is 19.4 Å². The largest absolute Gasteiger partial charge is 0.508 e. The van der Waals surface area contributed by atoms with Gasteiger partial charge in [-0.05, 0) is 37.6 Å². The Bertz CT molecular complexity index is 456. The minimum atomic E-state index is -0.441. The molecule has 1 N–H and O–H groups in total. The number of benzene rings is 1. The Morgan fingerprint density at radius 1 is 1.39 bits per heavy atom. The maximum atomic E-state index is 12.0. The van der Waals surface area contributed by atoms with Crippen LogP contribution in [0.1, 0.15) is 22.8 Å². The van der Waals surface area contributed by atoms with E-state index in [4.69, 9.17) is 4.74 Å². The van der Waals surface area contributed by atoms with Gasteiger partial charge >= 0.3 is 5.97 Å². The number of nitrogens with zero attached hydrogens (tertiary/aromatic N) is 1. The second-order valence-electron chi connectivity index (χ2n) is 3.97. The Morgan fingerprint density at radius 3 is 2.61 bits per heavy atom. The van der Waals surface area contributed by atoms with E-state index < -0.39 is 5.97 Å². The molecule has 0 spiro atoms. The molecule has 0 aromatic heterocycles. The van der Waals surface area contributed by atoms with Crippen LogP contribution in [0.4, 0.5) is 0 Å². The first-order valence-electron chi connectivity index (χ1n) is 5.66. The molecule has 5 heteroatoms. The number of carbonyl (C=O) groups excluding carboxylic acids is 2. The maximum absolute atomic E-state index is 12.0. The topological polar surface area (TPSA) is 66.8 Å². The molecule has 5 nitrogen and oxygen atoms in total. The number of aryl methyl sites for hydroxylation is 1. The first-order chi connectivity index (χ1) is 8.45. The van der Waals surface area contributed by atoms with Gasteiger partial charge in [0.25, 0.3) is 5.91 Å². The molecule has 0 heterocycles. The molecule has 1 rings (SSSR count). The van der Waals surface area contributed by atoms with Crippen molar-refractivity contribution in [3.8, 4) is 5.75 Å². The molecule has 0 saturated heterocycles. The number of rotatable bonds is 4. The summed E-state index contributed by atoms with van der Waals surface area (Å²) in [7, 11) is 1.53. The van der Waals surface area contributed by atoms with Gasteiger partial charge in [-0.3, -0.25) is 9.59 Å². The lowest BCUT2D eigenvalue weighted by molar-refractivity contribution is -0.143. The van der Waals surface area contributed by atoms with Gasteiger partial charge in [-0.15, -0.1) is 0 Å². The van der Waals surface area contributed by atoms with Crippen molar-refractivity contribution in [2.45, 2.75) is 13.8 Å². The van der Waals surface area contributed by atoms with Crippen LogP contribution >= 0.6 is 0 Å². The highest BCUT2D eigenvalue weighted by atomic mass is 16.5. The Kier molecular flexibility index (Phi) is 4.71. The summed E-state index contributed by atoms with van der Waals surface area (Å²) in [5, 5.41) is 9.38. The van der Waals surface area contributed by atoms with Gasteiger partial charge < -0.3 is 14.7 Å². The van der Waals surface area contributed by atoms with Crippen LogP contribution in [0.3, 0.4) is 0 Å². The third-order valence-electron chi connectivity index (χ3n) is 2.46. The van der Waals surface area contributed by atoms with E-state index in [1.54, 1.807) is 19.9 Å². The van der Waals surface area contributed by atoms with Gasteiger partial charge in [0.05, 0.1) is 6.61 Å². The Balaban J connectivity index is 2.74. The fraction of sp³-hybridized carbons (Fsp3) is 0.385. The minimum Gasteiger partial charge on any atom is -0.508 e. The molecule has 0 atom stereocenters. The molecule has 1 amide bonds. The van der Waals surface area contributed by atoms with Crippen LogP contribution in [-0.4, -0.2) is 42.1 Å². The number of aromatic hydroxyl groups is 1. The first kappa shape index (κ1) is 14.0. The fourth-order valence-electron chi connectivity index (χ4n) is 1.48. The van der Waals surface area contributed by atoms with Crippen molar-refractivity contribution in [1.29, 1.82) is 0 Å². The van der Waals surface area contributed by atoms with Crippen molar-refractivity contribution in [3.05, 3.63) is 29.3 Å². The summed E-state index contributed by atoms with van der Waals surface area (Å²) in [4.78, 5) is 24.5. The molecular formula is C13H17NO4. The lowest BCUT2D eigenvalue weighted by Crippen LogP contribution is -2.33. The highest BCUT2D eigenvalue weighted by Gasteiger charge is 2.16. The standard InChI is InChI=1S/C13H17NO4/c1-4-18-12(16)8-14(3)13(17)10-5-6-11(15)9(2)7-10/h5-7,15H,4,8H2,1-3H3. The highest BCUT2D eigenvalue weighted by molar-refractivity contribution is 5.96. The summed E-state index contributed by atoms with van der Waals surface area (Å²) in [5.41, 5.74) is 1.04. The smallest absolute Gasteiger partial charge is 0.325 e. The molecule has 98 valence electrons. The molecule has 1 aromatic rings. The Morgan fingerprint density at radius 2 is 2.06 bits per heavy atom. The Hall–Kier alpha value is -2.04. The van der Waals surface area contributed by atoms with Gasteiger partial charge in [0, 0.05) is 12.6 Å². The monoisotopic (exact) mass is 251 g/mol. The average molecular weight is 251 g/mol. The summed E-state index contributed by atoms with van der Waals surface area (Å²) >= 11 is 0. The molecule has 0 saturated carbocycles. The van der Waals surface area contributed by atoms with E-state index in [0.29, 0.717) is 17.7 Å². The van der Waals surface area contributed by atoms with Crippen LogP contribution in [0.15, 0.2) is 18.2 Å². The van der Waals surface area contributed by atoms with Gasteiger partial charge in [-0.2, -0.15) is 0 Å². The zero-order valence-electron chi connectivity index (χ0n) is 10.8. The predicted molar refractivity (Wildman–Crippen MR) is 66.4 cm³/mol. The van der Waals surface area contributed by atoms with Crippen LogP contribution in [0.5, 0.6) is 5.75 Å². The second-order valence-corrected chi connectivity index (χ2v) is 3.97. The number of likely N-dealkylation sites (N-methyl/N-ethyl adjacent to an activating group) is 1. The van der Waals surface area contributed by atoms with Gasteiger partial charge in [0.15, 0.2) is 0 Å². The molecule has 18 heavy (non-hydrogen) atoms. The van der Waals surface area contributed by atoms with Crippen LogP contribution in [0.2, 0.25) is 0 Å². The number of esters is 1. The van der Waals surface area contributed by atoms with Gasteiger partial charge in [0.1, 0.15) is 12.3 Å². The third kappa shape index (κ3) is 3.48. The molecule has 0 fully saturated rings. The third-order valence-corrected chi connectivity index (χ3v) is 2.46. The normalized spacial score (nSPS) is 9.94. The number of ether oxygens (including phenoxy) is 1. The number of phenols is 1. The second kappa shape index (κ2) is 6.05. The van der Waals surface area contributed by atoms with E-state index in [2.05, 4.69) is 0 Å². The summed E-state index contributed by atoms with van der Waals surface area (Å²) < 4.78 is 4.77. The van der Waals surface area contributed by atoms with E-state index in [1.165, 1.54) is 24.1 Å². The molecule has 0 aliphatic rings. The molecule has 1 aromatic carbocycles. The van der Waals surface area contributed by atoms with Crippen molar-refractivity contribution in [2.24, 2.45) is 0 Å². The molecule has 0 aliphatic carbocycles. The van der Waals surface area contributed by atoms with Gasteiger partial charge in [0.2, 0.25) is 0 Å². The van der Waals surface area contributed by atoms with Crippen molar-refractivity contribution in [1.82, 2.24) is 4.90 Å². The highest BCUT2D eigenvalue weighted by Crippen LogP contribution is 2.17. The molecule has 0 radical (unpaired) electrons. The van der Waals surface area contributed by atoms with Crippen LogP contribution < -0.4 is 0 Å². The average Bonchev–Trinajstić information content (AvgIpc) is 2.32. The van der Waals surface area contributed by atoms with Crippen molar-refractivity contribution >= 4 is 11.9 Å². The summed E-state index contributed by atoms with van der Waals surface area (Å²) in [5.74, 6) is -0.588. The summed E-state index contributed by atoms with van der Waals surface area (Å²) in [6.07, 6.45) is 0. The van der Waals surface area contributed by atoms with Crippen LogP contribution in [0, 0.1) is 6.92 Å². The zero-order valence-corrected chi connectivity index (χ0v) is 10.8. The summed E-state index contributed by atoms with van der Waals surface area (Å²) in [6.45, 7) is 3.62. The fourth-order valence-corrected chi connectivity index (χ4v) is 1.48. The summed E-state index contributed by atoms with van der Waals surface area (Å²) in [6, 6.07) is 4.56. The van der Waals surface area contributed by atoms with Crippen molar-refractivity contribution in [2.75, 3.05) is 20.2 Å². The Labute approximate surface area is 106 Å². The zero-order chi connectivity index (χ0) is 13.7. The van der Waals surface area contributed by atoms with Crippen LogP contribution in [0.25, 0.3) is 0 Å². The van der Waals surface area contributed by atoms with E-state index in [9.17, 15) is 14.7 Å². The number of amides is 1. The van der Waals surface area contributed by atoms with E-state index in [-0.39, 0.29) is 18.2 Å². The number of phenolic OH excluding ortho intramolecular Hbond substituents is 1. The quantitative estimate of drug-likeness (QED) is 0.820. The number of hydrogen-bond acceptors (Lipinski definition) is 4. The van der Waals surface area contributed by atoms with Crippen LogP contribution in [-0.2, 0) is 9.53 Å². The lowest BCUT2D eigenvalue weighted by Gasteiger charge is -2.16. The van der Waals surface area contributed by atoms with E-state index >= 15 is 0 Å². The number of carbonyl (C=O) groups is 2. The lowest BCUT2D eigenvalue weighted by atomic mass is 10.1. The van der Waals surface area contributed by atoms with E-state index in [1.807, 2.05) is 0 Å². The predicted octanol–water partition coefficient (Wildman–Crippen LogP) is 1.34. The number of hydrogen-bond donors (Lipinski definition) is 1. The molecule has 0 bridgehead atoms. The molecule has 0 unspecified atom stereocenters. The SMILES string of the molecule is CCOC(=O)CN(C)C(=O)c1ccc(O)c(C)c1. The minimum absolute atomic E-state index is 0.0907. The van der Waals surface area contributed by atoms with Crippen molar-refractivity contribution in [3.63, 3.8) is 0 Å².